The van der Waals surface area contributed by atoms with Crippen molar-refractivity contribution in [3.63, 3.8) is 0 Å². The van der Waals surface area contributed by atoms with E-state index < -0.39 is 11.8 Å². The number of allylic oxidation sites excluding steroid dienone is 1. The maximum absolute atomic E-state index is 11.8. The summed E-state index contributed by atoms with van der Waals surface area (Å²) in [5.74, 6) is -0.00312. The molecule has 0 aliphatic carbocycles. The maximum Gasteiger partial charge on any atom is 0.328 e. The van der Waals surface area contributed by atoms with Crippen LogP contribution in [0.5, 0.6) is 11.5 Å². The van der Waals surface area contributed by atoms with Crippen LogP contribution in [-0.4, -0.2) is 30.6 Å². The van der Waals surface area contributed by atoms with Crippen LogP contribution in [0.1, 0.15) is 30.6 Å². The Labute approximate surface area is 124 Å². The molecule has 0 aliphatic rings. The zero-order chi connectivity index (χ0) is 15.8. The monoisotopic (exact) mass is 292 g/mol. The number of ketones is 1. The lowest BCUT2D eigenvalue weighted by Gasteiger charge is -2.12. The molecule has 0 atom stereocenters. The Balaban J connectivity index is 2.82. The number of rotatable bonds is 8. The summed E-state index contributed by atoms with van der Waals surface area (Å²) in [4.78, 5) is 22.2. The highest BCUT2D eigenvalue weighted by molar-refractivity contribution is 6.07. The van der Waals surface area contributed by atoms with Crippen LogP contribution >= 0.6 is 0 Å². The van der Waals surface area contributed by atoms with E-state index in [9.17, 15) is 9.59 Å². The molecule has 0 spiro atoms. The molecule has 0 fully saturated rings. The minimum atomic E-state index is -1.16. The van der Waals surface area contributed by atoms with Crippen molar-refractivity contribution in [3.8, 4) is 11.5 Å². The molecule has 0 amide bonds. The lowest BCUT2D eigenvalue weighted by molar-refractivity contribution is -0.131. The van der Waals surface area contributed by atoms with Crippen LogP contribution in [0.15, 0.2) is 30.4 Å². The molecule has 0 aliphatic heterocycles. The number of carbonyl (C=O) groups excluding carboxylic acids is 1. The number of carboxylic acids is 1. The second kappa shape index (κ2) is 8.09. The van der Waals surface area contributed by atoms with E-state index in [1.807, 2.05) is 0 Å². The van der Waals surface area contributed by atoms with Gasteiger partial charge in [0.05, 0.1) is 13.7 Å². The predicted octanol–water partition coefficient (Wildman–Crippen LogP) is 2.94. The molecule has 5 nitrogen and oxygen atoms in total. The lowest BCUT2D eigenvalue weighted by Crippen LogP contribution is -2.04. The zero-order valence-electron chi connectivity index (χ0n) is 12.5. The molecule has 0 saturated heterocycles. The fraction of sp³-hybridized carbons (Fsp3) is 0.375. The smallest absolute Gasteiger partial charge is 0.328 e. The number of hydrogen-bond acceptors (Lipinski definition) is 4. The van der Waals surface area contributed by atoms with Gasteiger partial charge in [0.15, 0.2) is 17.3 Å². The van der Waals surface area contributed by atoms with E-state index in [1.165, 1.54) is 7.11 Å². The molecular formula is C16H20O5. The molecule has 1 N–H and O–H groups in total. The van der Waals surface area contributed by atoms with Gasteiger partial charge >= 0.3 is 5.97 Å². The van der Waals surface area contributed by atoms with Crippen LogP contribution < -0.4 is 9.47 Å². The Morgan fingerprint density at radius 1 is 1.24 bits per heavy atom. The Hall–Kier alpha value is -2.30. The molecule has 0 unspecified atom stereocenters. The molecular weight excluding hydrogens is 272 g/mol. The molecule has 0 heterocycles. The van der Waals surface area contributed by atoms with Crippen molar-refractivity contribution < 1.29 is 24.2 Å². The van der Waals surface area contributed by atoms with Crippen LogP contribution in [-0.2, 0) is 4.79 Å². The average molecular weight is 292 g/mol. The summed E-state index contributed by atoms with van der Waals surface area (Å²) in [5.41, 5.74) is 0.348. The second-order valence-electron chi connectivity index (χ2n) is 4.93. The van der Waals surface area contributed by atoms with Gasteiger partial charge in [0.1, 0.15) is 0 Å². The maximum atomic E-state index is 11.8. The fourth-order valence-corrected chi connectivity index (χ4v) is 1.59. The number of carboxylic acid groups (broad SMARTS) is 1. The van der Waals surface area contributed by atoms with E-state index in [0.29, 0.717) is 29.6 Å². The van der Waals surface area contributed by atoms with Crippen LogP contribution in [0.4, 0.5) is 0 Å². The summed E-state index contributed by atoms with van der Waals surface area (Å²) >= 11 is 0. The minimum Gasteiger partial charge on any atom is -0.493 e. The molecule has 0 aromatic heterocycles. The zero-order valence-corrected chi connectivity index (χ0v) is 12.5. The first-order valence-electron chi connectivity index (χ1n) is 6.70. The molecule has 1 rings (SSSR count). The number of carbonyl (C=O) groups is 2. The summed E-state index contributed by atoms with van der Waals surface area (Å²) in [6.07, 6.45) is 2.74. The van der Waals surface area contributed by atoms with Gasteiger partial charge in [-0.25, -0.2) is 4.79 Å². The van der Waals surface area contributed by atoms with Gasteiger partial charge in [0.2, 0.25) is 0 Å². The first-order valence-corrected chi connectivity index (χ1v) is 6.70. The average Bonchev–Trinajstić information content (AvgIpc) is 2.44. The SMILES string of the molecule is COc1cc(C(=O)/C=C/C(=O)O)ccc1OCCC(C)C. The number of benzene rings is 1. The normalized spacial score (nSPS) is 10.9. The Morgan fingerprint density at radius 2 is 1.95 bits per heavy atom. The highest BCUT2D eigenvalue weighted by Crippen LogP contribution is 2.28. The standard InChI is InChI=1S/C16H20O5/c1-11(2)8-9-21-14-6-4-12(10-15(14)20-3)13(17)5-7-16(18)19/h4-7,10-11H,8-9H2,1-3H3,(H,18,19)/b7-5+. The highest BCUT2D eigenvalue weighted by atomic mass is 16.5. The van der Waals surface area contributed by atoms with Crippen LogP contribution in [0.25, 0.3) is 0 Å². The predicted molar refractivity (Wildman–Crippen MR) is 79.1 cm³/mol. The van der Waals surface area contributed by atoms with E-state index in [4.69, 9.17) is 14.6 Å². The number of methoxy groups -OCH3 is 1. The molecule has 5 heteroatoms. The third kappa shape index (κ3) is 5.69. The van der Waals surface area contributed by atoms with Crippen molar-refractivity contribution in [3.05, 3.63) is 35.9 Å². The highest BCUT2D eigenvalue weighted by Gasteiger charge is 2.10. The summed E-state index contributed by atoms with van der Waals surface area (Å²) in [5, 5.41) is 8.51. The van der Waals surface area contributed by atoms with E-state index in [2.05, 4.69) is 13.8 Å². The molecule has 1 aromatic carbocycles. The van der Waals surface area contributed by atoms with Gasteiger partial charge < -0.3 is 14.6 Å². The van der Waals surface area contributed by atoms with E-state index >= 15 is 0 Å². The minimum absolute atomic E-state index is 0.348. The van der Waals surface area contributed by atoms with Gasteiger partial charge in [0, 0.05) is 11.6 Å². The number of hydrogen-bond donors (Lipinski definition) is 1. The van der Waals surface area contributed by atoms with Crippen molar-refractivity contribution in [2.75, 3.05) is 13.7 Å². The third-order valence-corrected chi connectivity index (χ3v) is 2.78. The van der Waals surface area contributed by atoms with Gasteiger partial charge in [-0.1, -0.05) is 13.8 Å². The Kier molecular flexibility index (Phi) is 6.46. The quantitative estimate of drug-likeness (QED) is 0.589. The van der Waals surface area contributed by atoms with Crippen LogP contribution in [0, 0.1) is 5.92 Å². The third-order valence-electron chi connectivity index (χ3n) is 2.78. The first kappa shape index (κ1) is 16.8. The fourth-order valence-electron chi connectivity index (χ4n) is 1.59. The largest absolute Gasteiger partial charge is 0.493 e. The Morgan fingerprint density at radius 3 is 2.52 bits per heavy atom. The van der Waals surface area contributed by atoms with Gasteiger partial charge in [-0.2, -0.15) is 0 Å². The van der Waals surface area contributed by atoms with Gasteiger partial charge in [-0.3, -0.25) is 4.79 Å². The van der Waals surface area contributed by atoms with E-state index in [-0.39, 0.29) is 0 Å². The summed E-state index contributed by atoms with van der Waals surface area (Å²) in [6.45, 7) is 4.79. The van der Waals surface area contributed by atoms with Crippen molar-refractivity contribution >= 4 is 11.8 Å². The lowest BCUT2D eigenvalue weighted by atomic mass is 10.1. The van der Waals surface area contributed by atoms with Gasteiger partial charge in [-0.15, -0.1) is 0 Å². The summed E-state index contributed by atoms with van der Waals surface area (Å²) in [7, 11) is 1.49. The summed E-state index contributed by atoms with van der Waals surface area (Å²) in [6, 6.07) is 4.78. The molecule has 0 saturated carbocycles. The van der Waals surface area contributed by atoms with Crippen LogP contribution in [0.3, 0.4) is 0 Å². The number of ether oxygens (including phenoxy) is 2. The van der Waals surface area contributed by atoms with E-state index in [1.54, 1.807) is 18.2 Å². The van der Waals surface area contributed by atoms with E-state index in [0.717, 1.165) is 18.6 Å². The van der Waals surface area contributed by atoms with Gasteiger partial charge in [-0.05, 0) is 36.6 Å². The first-order chi connectivity index (χ1) is 9.93. The molecule has 1 aromatic rings. The van der Waals surface area contributed by atoms with Crippen molar-refractivity contribution in [2.24, 2.45) is 5.92 Å². The molecule has 0 bridgehead atoms. The molecule has 21 heavy (non-hydrogen) atoms. The second-order valence-corrected chi connectivity index (χ2v) is 4.93. The van der Waals surface area contributed by atoms with Crippen molar-refractivity contribution in [1.29, 1.82) is 0 Å². The number of aliphatic carboxylic acids is 1. The summed E-state index contributed by atoms with van der Waals surface area (Å²) < 4.78 is 10.8. The topological polar surface area (TPSA) is 72.8 Å². The molecule has 114 valence electrons. The molecule has 0 radical (unpaired) electrons. The van der Waals surface area contributed by atoms with Crippen molar-refractivity contribution in [2.45, 2.75) is 20.3 Å². The van der Waals surface area contributed by atoms with Gasteiger partial charge in [0.25, 0.3) is 0 Å². The van der Waals surface area contributed by atoms with Crippen LogP contribution in [0.2, 0.25) is 0 Å². The van der Waals surface area contributed by atoms with Crippen molar-refractivity contribution in [1.82, 2.24) is 0 Å². The Bertz CT molecular complexity index is 531.